The van der Waals surface area contributed by atoms with Gasteiger partial charge in [-0.1, -0.05) is 38.5 Å². The molecular formula is C18H30F3NO4S. The average Bonchev–Trinajstić information content (AvgIpc) is 2.95. The molecule has 0 saturated carbocycles. The molecule has 1 N–H and O–H groups in total. The van der Waals surface area contributed by atoms with Crippen LogP contribution < -0.4 is 0 Å². The van der Waals surface area contributed by atoms with E-state index in [-0.39, 0.29) is 6.61 Å². The topological polar surface area (TPSA) is 60.3 Å². The second-order valence-corrected chi connectivity index (χ2v) is 8.50. The number of hydrogen-bond acceptors (Lipinski definition) is 6. The van der Waals surface area contributed by atoms with Gasteiger partial charge in [-0.2, -0.15) is 13.2 Å². The Balaban J connectivity index is 2.33. The molecule has 1 fully saturated rings. The van der Waals surface area contributed by atoms with Crippen LogP contribution in [0.4, 0.5) is 13.2 Å². The third-order valence-corrected chi connectivity index (χ3v) is 5.95. The van der Waals surface area contributed by atoms with Crippen molar-refractivity contribution in [3.63, 3.8) is 0 Å². The van der Waals surface area contributed by atoms with Crippen molar-refractivity contribution in [2.75, 3.05) is 13.2 Å². The highest BCUT2D eigenvalue weighted by atomic mass is 32.2. The summed E-state index contributed by atoms with van der Waals surface area (Å²) in [5, 5.41) is 11.1. The lowest BCUT2D eigenvalue weighted by Gasteiger charge is -2.47. The first kappa shape index (κ1) is 22.9. The number of thioether (sulfide) groups is 1. The lowest BCUT2D eigenvalue weighted by molar-refractivity contribution is -0.323. The van der Waals surface area contributed by atoms with Crippen LogP contribution in [0.1, 0.15) is 53.4 Å². The van der Waals surface area contributed by atoms with E-state index >= 15 is 0 Å². The van der Waals surface area contributed by atoms with Crippen LogP contribution in [0.3, 0.4) is 0 Å². The van der Waals surface area contributed by atoms with Crippen molar-refractivity contribution in [1.82, 2.24) is 0 Å². The smallest absolute Gasteiger partial charge is 0.379 e. The first-order chi connectivity index (χ1) is 12.6. The number of nitrogens with zero attached hydrogens (tertiary/aromatic N) is 1. The van der Waals surface area contributed by atoms with Crippen LogP contribution in [0, 0.1) is 0 Å². The van der Waals surface area contributed by atoms with E-state index in [1.165, 1.54) is 11.8 Å². The fraction of sp³-hybridized carbons (Fsp3) is 0.944. The van der Waals surface area contributed by atoms with E-state index in [4.69, 9.17) is 14.2 Å². The Morgan fingerprint density at radius 2 is 1.67 bits per heavy atom. The van der Waals surface area contributed by atoms with E-state index in [0.717, 1.165) is 31.2 Å². The maximum absolute atomic E-state index is 13.6. The van der Waals surface area contributed by atoms with E-state index in [0.29, 0.717) is 13.0 Å². The Morgan fingerprint density at radius 1 is 1.11 bits per heavy atom. The Hall–Kier alpha value is -0.350. The van der Waals surface area contributed by atoms with Gasteiger partial charge in [0.25, 0.3) is 0 Å². The third-order valence-electron chi connectivity index (χ3n) is 4.88. The van der Waals surface area contributed by atoms with Crippen LogP contribution in [0.2, 0.25) is 0 Å². The molecule has 158 valence electrons. The Kier molecular flexibility index (Phi) is 8.01. The molecule has 2 rings (SSSR count). The minimum absolute atomic E-state index is 0.274. The predicted molar refractivity (Wildman–Crippen MR) is 99.1 cm³/mol. The van der Waals surface area contributed by atoms with Gasteiger partial charge >= 0.3 is 6.18 Å². The predicted octanol–water partition coefficient (Wildman–Crippen LogP) is 3.93. The molecule has 0 aromatic heterocycles. The summed E-state index contributed by atoms with van der Waals surface area (Å²) < 4.78 is 58.2. The molecule has 0 aromatic carbocycles. The zero-order valence-corrected chi connectivity index (χ0v) is 17.1. The van der Waals surface area contributed by atoms with Crippen molar-refractivity contribution in [3.8, 4) is 0 Å². The second kappa shape index (κ2) is 9.43. The average molecular weight is 414 g/mol. The van der Waals surface area contributed by atoms with Crippen molar-refractivity contribution in [2.24, 2.45) is 4.99 Å². The Morgan fingerprint density at radius 3 is 2.19 bits per heavy atom. The number of ether oxygens (including phenoxy) is 3. The van der Waals surface area contributed by atoms with Gasteiger partial charge in [0.1, 0.15) is 29.8 Å². The largest absolute Gasteiger partial charge is 0.419 e. The zero-order chi connectivity index (χ0) is 20.2. The molecule has 0 spiro atoms. The molecule has 1 saturated heterocycles. The molecule has 5 nitrogen and oxygen atoms in total. The van der Waals surface area contributed by atoms with Crippen molar-refractivity contribution in [2.45, 2.75) is 94.9 Å². The van der Waals surface area contributed by atoms with Crippen molar-refractivity contribution >= 4 is 16.8 Å². The molecule has 0 aliphatic carbocycles. The van der Waals surface area contributed by atoms with Gasteiger partial charge in [0.05, 0.1) is 5.04 Å². The molecule has 2 aliphatic rings. The van der Waals surface area contributed by atoms with Crippen LogP contribution >= 0.6 is 11.8 Å². The number of alkyl halides is 3. The maximum atomic E-state index is 13.6. The molecule has 9 heteroatoms. The number of unbranched alkanes of at least 4 members (excludes halogenated alkanes) is 2. The number of rotatable bonds is 9. The molecule has 0 radical (unpaired) electrons. The summed E-state index contributed by atoms with van der Waals surface area (Å²) >= 11 is 1.27. The summed E-state index contributed by atoms with van der Waals surface area (Å²) in [5.41, 5.74) is -3.68. The van der Waals surface area contributed by atoms with Crippen molar-refractivity contribution in [3.05, 3.63) is 0 Å². The summed E-state index contributed by atoms with van der Waals surface area (Å²) in [6.45, 7) is 7.19. The molecule has 0 amide bonds. The molecule has 0 bridgehead atoms. The molecule has 27 heavy (non-hydrogen) atoms. The van der Waals surface area contributed by atoms with E-state index in [1.807, 2.05) is 13.8 Å². The van der Waals surface area contributed by atoms with Crippen LogP contribution in [-0.4, -0.2) is 64.9 Å². The SMILES string of the molecule is CCCCO[C@@H]1[C@H]2N=C(C)S[C@H]2O[C@H](C(C)(O)C(F)(F)F)[C@H]1OCCCC. The summed E-state index contributed by atoms with van der Waals surface area (Å²) in [6, 6.07) is -0.446. The molecule has 2 heterocycles. The minimum atomic E-state index is -4.86. The van der Waals surface area contributed by atoms with Crippen molar-refractivity contribution < 1.29 is 32.5 Å². The quantitative estimate of drug-likeness (QED) is 0.581. The van der Waals surface area contributed by atoms with Gasteiger partial charge in [-0.25, -0.2) is 0 Å². The van der Waals surface area contributed by atoms with Gasteiger partial charge in [0.15, 0.2) is 5.60 Å². The van der Waals surface area contributed by atoms with E-state index in [2.05, 4.69) is 4.99 Å². The monoisotopic (exact) mass is 413 g/mol. The fourth-order valence-corrected chi connectivity index (χ4v) is 4.23. The Labute approximate surface area is 163 Å². The van der Waals surface area contributed by atoms with E-state index < -0.39 is 41.6 Å². The highest BCUT2D eigenvalue weighted by Crippen LogP contribution is 2.45. The van der Waals surface area contributed by atoms with Crippen LogP contribution in [0.5, 0.6) is 0 Å². The highest BCUT2D eigenvalue weighted by molar-refractivity contribution is 8.14. The third kappa shape index (κ3) is 5.18. The van der Waals surface area contributed by atoms with Gasteiger partial charge in [-0.3, -0.25) is 4.99 Å². The first-order valence-electron chi connectivity index (χ1n) is 9.52. The van der Waals surface area contributed by atoms with Gasteiger partial charge in [0.2, 0.25) is 0 Å². The van der Waals surface area contributed by atoms with Gasteiger partial charge in [-0.05, 0) is 26.7 Å². The first-order valence-corrected chi connectivity index (χ1v) is 10.4. The highest BCUT2D eigenvalue weighted by Gasteiger charge is 2.63. The van der Waals surface area contributed by atoms with Gasteiger partial charge in [-0.15, -0.1) is 0 Å². The van der Waals surface area contributed by atoms with Crippen LogP contribution in [0.25, 0.3) is 0 Å². The summed E-state index contributed by atoms with van der Waals surface area (Å²) in [5.74, 6) is 0. The molecule has 0 aromatic rings. The number of aliphatic imine (C=N–C) groups is 1. The lowest BCUT2D eigenvalue weighted by atomic mass is 9.86. The molecule has 2 aliphatic heterocycles. The lowest BCUT2D eigenvalue weighted by Crippen LogP contribution is -2.67. The number of aliphatic hydroxyl groups is 1. The summed E-state index contributed by atoms with van der Waals surface area (Å²) in [6.07, 6.45) is -4.97. The normalized spacial score (nSPS) is 33.5. The maximum Gasteiger partial charge on any atom is 0.419 e. The van der Waals surface area contributed by atoms with Crippen molar-refractivity contribution in [1.29, 1.82) is 0 Å². The fourth-order valence-electron chi connectivity index (χ4n) is 3.18. The second-order valence-electron chi connectivity index (χ2n) is 7.20. The van der Waals surface area contributed by atoms with Gasteiger partial charge in [0, 0.05) is 13.2 Å². The molecular weight excluding hydrogens is 383 g/mol. The molecule has 6 atom stereocenters. The number of halogens is 3. The summed E-state index contributed by atoms with van der Waals surface area (Å²) in [4.78, 5) is 4.51. The van der Waals surface area contributed by atoms with Gasteiger partial charge < -0.3 is 19.3 Å². The number of hydrogen-bond donors (Lipinski definition) is 1. The standard InChI is InChI=1S/C18H30F3NO4S/c1-5-7-9-24-13-12-16(27-11(3)22-12)26-15(14(13)25-10-8-6-2)17(4,23)18(19,20)21/h12-16,23H,5-10H2,1-4H3/t12-,13-,14+,15+,16-,17?/m1/s1. The minimum Gasteiger partial charge on any atom is -0.379 e. The van der Waals surface area contributed by atoms with E-state index in [1.54, 1.807) is 6.92 Å². The summed E-state index contributed by atoms with van der Waals surface area (Å²) in [7, 11) is 0. The van der Waals surface area contributed by atoms with E-state index in [9.17, 15) is 18.3 Å². The van der Waals surface area contributed by atoms with Crippen LogP contribution in [0.15, 0.2) is 4.99 Å². The Bertz CT molecular complexity index is 515. The number of fused-ring (bicyclic) bond motifs is 1. The van der Waals surface area contributed by atoms with Crippen LogP contribution in [-0.2, 0) is 14.2 Å². The molecule has 1 unspecified atom stereocenters. The zero-order valence-electron chi connectivity index (χ0n) is 16.3.